The molecule has 0 bridgehead atoms. The van der Waals surface area contributed by atoms with Gasteiger partial charge in [-0.25, -0.2) is 28.1 Å². The van der Waals surface area contributed by atoms with Crippen LogP contribution in [0.2, 0.25) is 0 Å². The Balaban J connectivity index is 1.15. The molecule has 0 radical (unpaired) electrons. The third kappa shape index (κ3) is 5.67. The first-order valence-corrected chi connectivity index (χ1v) is 13.7. The molecule has 37 heavy (non-hydrogen) atoms. The van der Waals surface area contributed by atoms with Gasteiger partial charge in [0.2, 0.25) is 17.0 Å². The molecule has 5 rings (SSSR count). The molecular formula is C24H22N8O3S2. The van der Waals surface area contributed by atoms with Crippen LogP contribution in [0.3, 0.4) is 0 Å². The molecular weight excluding hydrogens is 512 g/mol. The zero-order valence-corrected chi connectivity index (χ0v) is 21.5. The molecule has 13 heteroatoms. The number of benzene rings is 2. The van der Waals surface area contributed by atoms with Crippen molar-refractivity contribution < 1.29 is 13.2 Å². The molecule has 0 saturated carbocycles. The summed E-state index contributed by atoms with van der Waals surface area (Å²) in [6.45, 7) is 3.52. The molecule has 0 atom stereocenters. The Hall–Kier alpha value is -4.10. The van der Waals surface area contributed by atoms with Gasteiger partial charge in [-0.05, 0) is 50.2 Å². The third-order valence-corrected chi connectivity index (χ3v) is 7.50. The molecule has 3 N–H and O–H groups in total. The Morgan fingerprint density at radius 2 is 1.70 bits per heavy atom. The highest BCUT2D eigenvalue weighted by molar-refractivity contribution is 7.99. The fraction of sp³-hybridized carbons (Fsp3) is 0.167. The number of para-hydroxylation sites is 1. The summed E-state index contributed by atoms with van der Waals surface area (Å²) >= 11 is 1.33. The number of nitrogens with zero attached hydrogens (tertiary/aromatic N) is 5. The van der Waals surface area contributed by atoms with Gasteiger partial charge in [0.15, 0.2) is 5.65 Å². The number of thioether (sulfide) groups is 1. The molecule has 0 unspecified atom stereocenters. The minimum Gasteiger partial charge on any atom is -0.338 e. The Labute approximate surface area is 216 Å². The highest BCUT2D eigenvalue weighted by atomic mass is 32.2. The number of fused-ring (bicyclic) bond motifs is 3. The quantitative estimate of drug-likeness (QED) is 0.252. The smallest absolute Gasteiger partial charge is 0.264 e. The zero-order valence-electron chi connectivity index (χ0n) is 19.9. The van der Waals surface area contributed by atoms with Crippen LogP contribution >= 0.6 is 11.8 Å². The number of rotatable bonds is 8. The van der Waals surface area contributed by atoms with Gasteiger partial charge in [-0.3, -0.25) is 4.79 Å². The number of aryl methyl sites for hydroxylation is 2. The lowest BCUT2D eigenvalue weighted by atomic mass is 10.2. The second-order valence-corrected chi connectivity index (χ2v) is 11.0. The predicted octanol–water partition coefficient (Wildman–Crippen LogP) is 3.83. The molecule has 0 spiro atoms. The van der Waals surface area contributed by atoms with Crippen molar-refractivity contribution in [3.05, 3.63) is 66.0 Å². The highest BCUT2D eigenvalue weighted by Gasteiger charge is 2.16. The minimum absolute atomic E-state index is 0.00949. The molecule has 0 fully saturated rings. The van der Waals surface area contributed by atoms with E-state index in [0.29, 0.717) is 39.1 Å². The first-order valence-electron chi connectivity index (χ1n) is 11.3. The largest absolute Gasteiger partial charge is 0.338 e. The van der Waals surface area contributed by atoms with Crippen molar-refractivity contribution in [2.45, 2.75) is 30.3 Å². The monoisotopic (exact) mass is 534 g/mol. The Kier molecular flexibility index (Phi) is 6.72. The number of hydrogen-bond acceptors (Lipinski definition) is 9. The molecule has 5 aromatic rings. The van der Waals surface area contributed by atoms with Gasteiger partial charge in [0.05, 0.1) is 4.90 Å². The standard InChI is InChI=1S/C24H22N8O3S2/c1-14-13-15(2)26-23(25-14)32-37(34,35)17-9-7-16(8-10-17)27-20(33)11-12-36-24-29-22-21(30-31-24)18-5-3-4-6-19(18)28-22/h3-10,13H,11-12H2,1-2H3,(H,27,33)(H,25,26,32)(H,28,29,31). The van der Waals surface area contributed by atoms with E-state index in [2.05, 4.69) is 40.2 Å². The minimum atomic E-state index is -3.87. The van der Waals surface area contributed by atoms with E-state index < -0.39 is 10.0 Å². The number of anilines is 2. The van der Waals surface area contributed by atoms with E-state index >= 15 is 0 Å². The first-order chi connectivity index (χ1) is 17.8. The second kappa shape index (κ2) is 10.1. The van der Waals surface area contributed by atoms with E-state index in [4.69, 9.17) is 0 Å². The third-order valence-electron chi connectivity index (χ3n) is 5.32. The molecule has 0 aliphatic heterocycles. The van der Waals surface area contributed by atoms with Crippen molar-refractivity contribution in [3.63, 3.8) is 0 Å². The summed E-state index contributed by atoms with van der Waals surface area (Å²) in [6.07, 6.45) is 0.213. The van der Waals surface area contributed by atoms with Crippen LogP contribution in [0.15, 0.2) is 64.6 Å². The van der Waals surface area contributed by atoms with Gasteiger partial charge in [-0.1, -0.05) is 30.0 Å². The van der Waals surface area contributed by atoms with Crippen LogP contribution in [0.25, 0.3) is 22.1 Å². The second-order valence-electron chi connectivity index (χ2n) is 8.21. The van der Waals surface area contributed by atoms with Crippen LogP contribution in [0.4, 0.5) is 11.6 Å². The molecule has 2 aromatic carbocycles. The first kappa shape index (κ1) is 24.6. The number of amides is 1. The molecule has 0 aliphatic carbocycles. The van der Waals surface area contributed by atoms with Crippen molar-refractivity contribution in [3.8, 4) is 0 Å². The molecule has 188 valence electrons. The number of carbonyl (C=O) groups excluding carboxylic acids is 1. The van der Waals surface area contributed by atoms with Crippen molar-refractivity contribution in [1.82, 2.24) is 30.1 Å². The normalized spacial score (nSPS) is 11.6. The maximum Gasteiger partial charge on any atom is 0.264 e. The van der Waals surface area contributed by atoms with E-state index in [-0.39, 0.29) is 23.2 Å². The number of aromatic amines is 1. The van der Waals surface area contributed by atoms with E-state index in [1.807, 2.05) is 24.3 Å². The summed E-state index contributed by atoms with van der Waals surface area (Å²) in [5, 5.41) is 12.6. The number of nitrogens with one attached hydrogen (secondary N) is 3. The van der Waals surface area contributed by atoms with Gasteiger partial charge in [0.25, 0.3) is 10.0 Å². The highest BCUT2D eigenvalue weighted by Crippen LogP contribution is 2.23. The molecule has 3 heterocycles. The summed E-state index contributed by atoms with van der Waals surface area (Å²) in [7, 11) is -3.87. The Bertz CT molecular complexity index is 1700. The van der Waals surface area contributed by atoms with Crippen molar-refractivity contribution >= 4 is 61.4 Å². The van der Waals surface area contributed by atoms with Crippen LogP contribution in [0, 0.1) is 13.8 Å². The maximum absolute atomic E-state index is 12.7. The van der Waals surface area contributed by atoms with Crippen LogP contribution in [0.5, 0.6) is 0 Å². The summed E-state index contributed by atoms with van der Waals surface area (Å²) < 4.78 is 27.7. The molecule has 0 aliphatic rings. The summed E-state index contributed by atoms with van der Waals surface area (Å²) in [6, 6.07) is 15.4. The van der Waals surface area contributed by atoms with Gasteiger partial charge in [-0.2, -0.15) is 0 Å². The lowest BCUT2D eigenvalue weighted by molar-refractivity contribution is -0.115. The van der Waals surface area contributed by atoms with E-state index in [0.717, 1.165) is 10.9 Å². The van der Waals surface area contributed by atoms with Gasteiger partial charge in [0.1, 0.15) is 5.52 Å². The molecule has 1 amide bonds. The topological polar surface area (TPSA) is 156 Å². The van der Waals surface area contributed by atoms with Crippen LogP contribution in [-0.2, 0) is 14.8 Å². The SMILES string of the molecule is Cc1cc(C)nc(NS(=O)(=O)c2ccc(NC(=O)CCSc3nnc4c(n3)[nH]c3ccccc34)cc2)n1. The molecule has 0 saturated heterocycles. The number of H-pyrrole nitrogens is 1. The Morgan fingerprint density at radius 1 is 0.973 bits per heavy atom. The number of carbonyl (C=O) groups is 1. The average Bonchev–Trinajstić information content (AvgIpc) is 3.21. The van der Waals surface area contributed by atoms with Crippen LogP contribution in [-0.4, -0.2) is 50.2 Å². The number of sulfonamides is 1. The number of hydrogen-bond donors (Lipinski definition) is 3. The van der Waals surface area contributed by atoms with Gasteiger partial charge >= 0.3 is 0 Å². The van der Waals surface area contributed by atoms with E-state index in [9.17, 15) is 13.2 Å². The van der Waals surface area contributed by atoms with Crippen molar-refractivity contribution in [2.24, 2.45) is 0 Å². The summed E-state index contributed by atoms with van der Waals surface area (Å²) in [4.78, 5) is 28.3. The summed E-state index contributed by atoms with van der Waals surface area (Å²) in [5.41, 5.74) is 4.09. The maximum atomic E-state index is 12.7. The van der Waals surface area contributed by atoms with Gasteiger partial charge in [-0.15, -0.1) is 10.2 Å². The van der Waals surface area contributed by atoms with Gasteiger partial charge < -0.3 is 10.3 Å². The van der Waals surface area contributed by atoms with E-state index in [1.54, 1.807) is 19.9 Å². The van der Waals surface area contributed by atoms with Crippen LogP contribution < -0.4 is 10.0 Å². The Morgan fingerprint density at radius 3 is 2.46 bits per heavy atom. The van der Waals surface area contributed by atoms with Gasteiger partial charge in [0, 0.05) is 40.2 Å². The average molecular weight is 535 g/mol. The van der Waals surface area contributed by atoms with E-state index in [1.165, 1.54) is 36.0 Å². The van der Waals surface area contributed by atoms with Crippen molar-refractivity contribution in [1.29, 1.82) is 0 Å². The fourth-order valence-electron chi connectivity index (χ4n) is 3.69. The summed E-state index contributed by atoms with van der Waals surface area (Å²) in [5.74, 6) is 0.241. The van der Waals surface area contributed by atoms with Crippen LogP contribution in [0.1, 0.15) is 17.8 Å². The zero-order chi connectivity index (χ0) is 26.0. The number of aromatic nitrogens is 6. The lowest BCUT2D eigenvalue weighted by Gasteiger charge is -2.09. The van der Waals surface area contributed by atoms with Crippen molar-refractivity contribution in [2.75, 3.05) is 15.8 Å². The molecule has 3 aromatic heterocycles. The lowest BCUT2D eigenvalue weighted by Crippen LogP contribution is -2.16. The predicted molar refractivity (Wildman–Crippen MR) is 142 cm³/mol. The molecule has 11 nitrogen and oxygen atoms in total. The fourth-order valence-corrected chi connectivity index (χ4v) is 5.36.